The van der Waals surface area contributed by atoms with Crippen LogP contribution in [0.2, 0.25) is 0 Å². The molecule has 0 aliphatic heterocycles. The summed E-state index contributed by atoms with van der Waals surface area (Å²) < 4.78 is 0. The highest BCUT2D eigenvalue weighted by atomic mass is 16.3. The second-order valence-corrected chi connectivity index (χ2v) is 4.76. The van der Waals surface area contributed by atoms with Crippen LogP contribution in [-0.4, -0.2) is 39.1 Å². The molecule has 0 spiro atoms. The number of amides is 1. The number of carbonyl (C=O) groups is 1. The lowest BCUT2D eigenvalue weighted by molar-refractivity contribution is 0.0880. The first kappa shape index (κ1) is 12.6. The molecule has 0 bridgehead atoms. The van der Waals surface area contributed by atoms with Crippen LogP contribution in [0.1, 0.15) is 37.7 Å². The number of rotatable bonds is 4. The summed E-state index contributed by atoms with van der Waals surface area (Å²) in [6.45, 7) is 6.07. The molecule has 0 aliphatic carbocycles. The minimum absolute atomic E-state index is 0.0427. The first-order valence-corrected chi connectivity index (χ1v) is 5.22. The summed E-state index contributed by atoms with van der Waals surface area (Å²) in [5.41, 5.74) is 0.148. The predicted molar refractivity (Wildman–Crippen MR) is 58.8 cm³/mol. The maximum absolute atomic E-state index is 11.7. The van der Waals surface area contributed by atoms with Gasteiger partial charge in [0.2, 0.25) is 0 Å². The van der Waals surface area contributed by atoms with Crippen molar-refractivity contribution in [2.45, 2.75) is 33.2 Å². The lowest BCUT2D eigenvalue weighted by atomic mass is 9.85. The molecule has 0 saturated carbocycles. The van der Waals surface area contributed by atoms with Gasteiger partial charge in [-0.2, -0.15) is 15.4 Å². The normalized spacial score (nSPS) is 13.5. The van der Waals surface area contributed by atoms with E-state index in [1.54, 1.807) is 0 Å². The molecule has 0 saturated heterocycles. The maximum Gasteiger partial charge on any atom is 0.273 e. The van der Waals surface area contributed by atoms with Crippen LogP contribution in [0.25, 0.3) is 0 Å². The molecule has 0 aliphatic rings. The molecule has 0 aromatic carbocycles. The van der Waals surface area contributed by atoms with E-state index in [0.29, 0.717) is 6.42 Å². The van der Waals surface area contributed by atoms with E-state index in [0.717, 1.165) is 0 Å². The Morgan fingerprint density at radius 2 is 2.31 bits per heavy atom. The molecule has 0 fully saturated rings. The van der Waals surface area contributed by atoms with Crippen molar-refractivity contribution < 1.29 is 9.90 Å². The van der Waals surface area contributed by atoms with Crippen LogP contribution in [0.4, 0.5) is 0 Å². The van der Waals surface area contributed by atoms with Crippen molar-refractivity contribution in [3.8, 4) is 0 Å². The zero-order valence-corrected chi connectivity index (χ0v) is 9.82. The molecule has 1 unspecified atom stereocenters. The van der Waals surface area contributed by atoms with Crippen molar-refractivity contribution in [1.29, 1.82) is 0 Å². The van der Waals surface area contributed by atoms with Crippen molar-refractivity contribution >= 4 is 5.91 Å². The summed E-state index contributed by atoms with van der Waals surface area (Å²) in [7, 11) is 0. The van der Waals surface area contributed by atoms with Gasteiger partial charge in [-0.05, 0) is 11.8 Å². The summed E-state index contributed by atoms with van der Waals surface area (Å²) >= 11 is 0. The fourth-order valence-corrected chi connectivity index (χ4v) is 1.39. The Morgan fingerprint density at radius 1 is 1.62 bits per heavy atom. The molecular formula is C10H18N4O2. The van der Waals surface area contributed by atoms with E-state index >= 15 is 0 Å². The van der Waals surface area contributed by atoms with Gasteiger partial charge < -0.3 is 10.4 Å². The van der Waals surface area contributed by atoms with Crippen molar-refractivity contribution in [3.05, 3.63) is 11.9 Å². The Kier molecular flexibility index (Phi) is 4.00. The lowest BCUT2D eigenvalue weighted by Gasteiger charge is -2.30. The van der Waals surface area contributed by atoms with Gasteiger partial charge in [0.15, 0.2) is 5.69 Å². The number of H-pyrrole nitrogens is 1. The average Bonchev–Trinajstić information content (AvgIpc) is 2.68. The van der Waals surface area contributed by atoms with Gasteiger partial charge in [-0.3, -0.25) is 4.79 Å². The Balaban J connectivity index is 2.66. The van der Waals surface area contributed by atoms with Crippen LogP contribution in [0, 0.1) is 5.41 Å². The summed E-state index contributed by atoms with van der Waals surface area (Å²) in [5, 5.41) is 21.5. The van der Waals surface area contributed by atoms with Gasteiger partial charge in [0.1, 0.15) is 0 Å². The molecule has 1 rings (SSSR count). The standard InChI is InChI=1S/C10H18N4O2/c1-10(2,3)8(4-5-15)12-9(16)7-6-11-14-13-7/h6,8,15H,4-5H2,1-3H3,(H,12,16)(H,11,13,14). The van der Waals surface area contributed by atoms with Crippen LogP contribution in [0.15, 0.2) is 6.20 Å². The Labute approximate surface area is 94.4 Å². The SMILES string of the molecule is CC(C)(C)C(CCO)NC(=O)c1cn[nH]n1. The summed E-state index contributed by atoms with van der Waals surface area (Å²) in [5.74, 6) is -0.276. The molecule has 1 heterocycles. The molecule has 3 N–H and O–H groups in total. The van der Waals surface area contributed by atoms with E-state index in [2.05, 4.69) is 20.7 Å². The van der Waals surface area contributed by atoms with E-state index in [4.69, 9.17) is 5.11 Å². The van der Waals surface area contributed by atoms with Gasteiger partial charge >= 0.3 is 0 Å². The fraction of sp³-hybridized carbons (Fsp3) is 0.700. The summed E-state index contributed by atoms with van der Waals surface area (Å²) in [6.07, 6.45) is 1.89. The summed E-state index contributed by atoms with van der Waals surface area (Å²) in [6, 6.07) is -0.0956. The van der Waals surface area contributed by atoms with Crippen LogP contribution in [0.3, 0.4) is 0 Å². The molecule has 1 amide bonds. The fourth-order valence-electron chi connectivity index (χ4n) is 1.39. The Morgan fingerprint density at radius 3 is 2.75 bits per heavy atom. The van der Waals surface area contributed by atoms with Gasteiger partial charge in [0.25, 0.3) is 5.91 Å². The molecule has 0 radical (unpaired) electrons. The van der Waals surface area contributed by atoms with E-state index in [9.17, 15) is 4.79 Å². The van der Waals surface area contributed by atoms with E-state index in [1.807, 2.05) is 20.8 Å². The number of hydrogen-bond donors (Lipinski definition) is 3. The molecule has 90 valence electrons. The first-order chi connectivity index (χ1) is 7.45. The quantitative estimate of drug-likeness (QED) is 0.690. The molecular weight excluding hydrogens is 208 g/mol. The lowest BCUT2D eigenvalue weighted by Crippen LogP contribution is -2.44. The highest BCUT2D eigenvalue weighted by Gasteiger charge is 2.26. The number of carbonyl (C=O) groups excluding carboxylic acids is 1. The molecule has 1 aromatic heterocycles. The molecule has 1 aromatic rings. The zero-order valence-electron chi connectivity index (χ0n) is 9.82. The number of nitrogens with one attached hydrogen (secondary N) is 2. The van der Waals surface area contributed by atoms with Crippen LogP contribution >= 0.6 is 0 Å². The highest BCUT2D eigenvalue weighted by Crippen LogP contribution is 2.21. The van der Waals surface area contributed by atoms with Crippen molar-refractivity contribution in [2.24, 2.45) is 5.41 Å². The highest BCUT2D eigenvalue weighted by molar-refractivity contribution is 5.92. The average molecular weight is 226 g/mol. The van der Waals surface area contributed by atoms with Crippen LogP contribution in [0.5, 0.6) is 0 Å². The number of aromatic nitrogens is 3. The minimum Gasteiger partial charge on any atom is -0.396 e. The number of hydrogen-bond acceptors (Lipinski definition) is 4. The van der Waals surface area contributed by atoms with Gasteiger partial charge in [0.05, 0.1) is 6.20 Å². The summed E-state index contributed by atoms with van der Waals surface area (Å²) in [4.78, 5) is 11.7. The van der Waals surface area contributed by atoms with Crippen molar-refractivity contribution in [1.82, 2.24) is 20.7 Å². The van der Waals surface area contributed by atoms with E-state index < -0.39 is 0 Å². The second kappa shape index (κ2) is 5.07. The number of aromatic amines is 1. The Hall–Kier alpha value is -1.43. The third-order valence-corrected chi connectivity index (χ3v) is 2.42. The smallest absolute Gasteiger partial charge is 0.273 e. The second-order valence-electron chi connectivity index (χ2n) is 4.76. The predicted octanol–water partition coefficient (Wildman–Crippen LogP) is 0.332. The monoisotopic (exact) mass is 226 g/mol. The largest absolute Gasteiger partial charge is 0.396 e. The number of nitrogens with zero attached hydrogens (tertiary/aromatic N) is 2. The number of aliphatic hydroxyl groups excluding tert-OH is 1. The minimum atomic E-state index is -0.276. The molecule has 1 atom stereocenters. The molecule has 6 heteroatoms. The molecule has 16 heavy (non-hydrogen) atoms. The van der Waals surface area contributed by atoms with E-state index in [1.165, 1.54) is 6.20 Å². The topological polar surface area (TPSA) is 90.9 Å². The third kappa shape index (κ3) is 3.30. The molecule has 6 nitrogen and oxygen atoms in total. The van der Waals surface area contributed by atoms with Crippen molar-refractivity contribution in [2.75, 3.05) is 6.61 Å². The number of aliphatic hydroxyl groups is 1. The third-order valence-electron chi connectivity index (χ3n) is 2.42. The van der Waals surface area contributed by atoms with Crippen LogP contribution < -0.4 is 5.32 Å². The van der Waals surface area contributed by atoms with Gasteiger partial charge in [-0.1, -0.05) is 20.8 Å². The van der Waals surface area contributed by atoms with Gasteiger partial charge in [-0.25, -0.2) is 0 Å². The van der Waals surface area contributed by atoms with Crippen molar-refractivity contribution in [3.63, 3.8) is 0 Å². The Bertz CT molecular complexity index is 329. The van der Waals surface area contributed by atoms with Gasteiger partial charge in [-0.15, -0.1) is 0 Å². The van der Waals surface area contributed by atoms with Crippen LogP contribution in [-0.2, 0) is 0 Å². The first-order valence-electron chi connectivity index (χ1n) is 5.22. The maximum atomic E-state index is 11.7. The zero-order chi connectivity index (χ0) is 12.2. The van der Waals surface area contributed by atoms with Gasteiger partial charge in [0, 0.05) is 12.6 Å². The van der Waals surface area contributed by atoms with E-state index in [-0.39, 0.29) is 29.7 Å².